The number of carbonyl (C=O) groups is 1. The maximum absolute atomic E-state index is 15.2. The van der Waals surface area contributed by atoms with E-state index < -0.39 is 5.82 Å². The van der Waals surface area contributed by atoms with E-state index in [1.54, 1.807) is 6.07 Å². The number of amides is 1. The molecule has 42 heavy (non-hydrogen) atoms. The zero-order valence-electron chi connectivity index (χ0n) is 23.4. The molecule has 0 bridgehead atoms. The predicted octanol–water partition coefficient (Wildman–Crippen LogP) is 6.04. The summed E-state index contributed by atoms with van der Waals surface area (Å²) in [7, 11) is 0. The van der Waals surface area contributed by atoms with Gasteiger partial charge in [-0.05, 0) is 55.1 Å². The van der Waals surface area contributed by atoms with Gasteiger partial charge >= 0.3 is 0 Å². The summed E-state index contributed by atoms with van der Waals surface area (Å²) in [6.07, 6.45) is 6.31. The molecule has 0 unspecified atom stereocenters. The Hall–Kier alpha value is -3.47. The van der Waals surface area contributed by atoms with Crippen LogP contribution < -0.4 is 15.4 Å². The number of ether oxygens (including phenoxy) is 2. The molecule has 0 radical (unpaired) electrons. The second-order valence-corrected chi connectivity index (χ2v) is 11.7. The molecule has 1 fully saturated rings. The molecule has 10 heteroatoms. The largest absolute Gasteiger partial charge is 0.490 e. The minimum atomic E-state index is -0.457. The summed E-state index contributed by atoms with van der Waals surface area (Å²) >= 11 is 1.24. The molecule has 2 N–H and O–H groups in total. The van der Waals surface area contributed by atoms with Crippen LogP contribution in [0, 0.1) is 17.6 Å². The molecule has 0 saturated heterocycles. The maximum Gasteiger partial charge on any atom is 0.223 e. The van der Waals surface area contributed by atoms with E-state index in [0.29, 0.717) is 40.2 Å². The first-order valence-corrected chi connectivity index (χ1v) is 15.5. The fraction of sp³-hybridized carbons (Fsp3) is 0.406. The van der Waals surface area contributed by atoms with Crippen molar-refractivity contribution in [2.45, 2.75) is 45.1 Å². The number of hydrogen-bond donors (Lipinski definition) is 2. The number of nitrogens with one attached hydrogen (secondary N) is 2. The van der Waals surface area contributed by atoms with Gasteiger partial charge in [-0.25, -0.2) is 8.78 Å². The van der Waals surface area contributed by atoms with E-state index in [2.05, 4.69) is 33.0 Å². The SMILES string of the molecule is O=C(NCCOCCOc1cc(F)ccc1-c1nnc(-c2ccc3c(c2)CNCC3)c2c(F)csc12)C1CCCCC1. The molecule has 3 heterocycles. The van der Waals surface area contributed by atoms with Gasteiger partial charge in [-0.15, -0.1) is 21.5 Å². The Balaban J connectivity index is 1.14. The van der Waals surface area contributed by atoms with Gasteiger partial charge in [0.25, 0.3) is 0 Å². The number of halogens is 2. The van der Waals surface area contributed by atoms with Crippen LogP contribution in [-0.2, 0) is 22.5 Å². The van der Waals surface area contributed by atoms with Gasteiger partial charge in [-0.1, -0.05) is 31.4 Å². The van der Waals surface area contributed by atoms with Gasteiger partial charge in [-0.2, -0.15) is 0 Å². The van der Waals surface area contributed by atoms with E-state index in [9.17, 15) is 9.18 Å². The van der Waals surface area contributed by atoms with E-state index >= 15 is 4.39 Å². The highest BCUT2D eigenvalue weighted by Gasteiger charge is 2.22. The Kier molecular flexibility index (Phi) is 9.02. The van der Waals surface area contributed by atoms with Crippen molar-refractivity contribution >= 4 is 27.3 Å². The Morgan fingerprint density at radius 2 is 1.86 bits per heavy atom. The average Bonchev–Trinajstić information content (AvgIpc) is 3.42. The zero-order valence-corrected chi connectivity index (χ0v) is 24.2. The summed E-state index contributed by atoms with van der Waals surface area (Å²) in [4.78, 5) is 12.3. The van der Waals surface area contributed by atoms with Crippen LogP contribution >= 0.6 is 11.3 Å². The number of carbonyl (C=O) groups excluding carboxylic acids is 1. The summed E-state index contributed by atoms with van der Waals surface area (Å²) < 4.78 is 41.6. The first-order chi connectivity index (χ1) is 20.6. The zero-order chi connectivity index (χ0) is 28.9. The molecular formula is C32H34F2N4O3S. The lowest BCUT2D eigenvalue weighted by molar-refractivity contribution is -0.126. The van der Waals surface area contributed by atoms with Crippen molar-refractivity contribution in [1.82, 2.24) is 20.8 Å². The van der Waals surface area contributed by atoms with Crippen LogP contribution in [0.25, 0.3) is 32.6 Å². The van der Waals surface area contributed by atoms with Gasteiger partial charge in [0.15, 0.2) is 0 Å². The molecular weight excluding hydrogens is 558 g/mol. The van der Waals surface area contributed by atoms with Crippen molar-refractivity contribution in [1.29, 1.82) is 0 Å². The van der Waals surface area contributed by atoms with Crippen LogP contribution in [0.2, 0.25) is 0 Å². The normalized spacial score (nSPS) is 15.5. The van der Waals surface area contributed by atoms with Crippen LogP contribution in [0.3, 0.4) is 0 Å². The monoisotopic (exact) mass is 592 g/mol. The fourth-order valence-electron chi connectivity index (χ4n) is 5.81. The van der Waals surface area contributed by atoms with Crippen molar-refractivity contribution in [3.8, 4) is 28.3 Å². The number of aromatic nitrogens is 2. The smallest absolute Gasteiger partial charge is 0.223 e. The highest BCUT2D eigenvalue weighted by atomic mass is 32.1. The molecule has 1 amide bonds. The van der Waals surface area contributed by atoms with E-state index in [4.69, 9.17) is 9.47 Å². The van der Waals surface area contributed by atoms with Crippen LogP contribution in [0.1, 0.15) is 43.2 Å². The van der Waals surface area contributed by atoms with Gasteiger partial charge in [0.2, 0.25) is 5.91 Å². The minimum Gasteiger partial charge on any atom is -0.490 e. The number of hydrogen-bond acceptors (Lipinski definition) is 7. The molecule has 6 rings (SSSR count). The standard InChI is InChI=1S/C32H34F2N4O3S/c33-24-8-9-25(27(17-24)41-15-14-40-13-12-36-32(39)21-4-2-1-3-5-21)30-31-28(26(34)19-42-31)29(37-38-30)22-7-6-20-10-11-35-18-23(20)16-22/h6-9,16-17,19,21,35H,1-5,10-15,18H2,(H,36,39). The second-order valence-electron chi connectivity index (χ2n) is 10.8. The van der Waals surface area contributed by atoms with Crippen molar-refractivity contribution < 1.29 is 23.0 Å². The van der Waals surface area contributed by atoms with Crippen LogP contribution in [0.5, 0.6) is 5.75 Å². The minimum absolute atomic E-state index is 0.103. The molecule has 0 atom stereocenters. The van der Waals surface area contributed by atoms with Crippen molar-refractivity contribution in [3.63, 3.8) is 0 Å². The highest BCUT2D eigenvalue weighted by molar-refractivity contribution is 7.17. The van der Waals surface area contributed by atoms with Gasteiger partial charge in [-0.3, -0.25) is 4.79 Å². The lowest BCUT2D eigenvalue weighted by atomic mass is 9.89. The second kappa shape index (κ2) is 13.2. The van der Waals surface area contributed by atoms with E-state index in [-0.39, 0.29) is 36.6 Å². The molecule has 0 spiro atoms. The molecule has 2 aromatic carbocycles. The van der Waals surface area contributed by atoms with E-state index in [0.717, 1.165) is 50.8 Å². The van der Waals surface area contributed by atoms with Crippen molar-refractivity contribution in [2.24, 2.45) is 5.92 Å². The van der Waals surface area contributed by atoms with Gasteiger partial charge in [0.05, 0.1) is 23.3 Å². The first-order valence-electron chi connectivity index (χ1n) is 14.6. The third kappa shape index (κ3) is 6.30. The summed E-state index contributed by atoms with van der Waals surface area (Å²) in [5, 5.41) is 17.1. The van der Waals surface area contributed by atoms with Crippen LogP contribution in [0.15, 0.2) is 41.8 Å². The van der Waals surface area contributed by atoms with E-state index in [1.807, 2.05) is 6.07 Å². The third-order valence-electron chi connectivity index (χ3n) is 8.02. The maximum atomic E-state index is 15.2. The molecule has 1 saturated carbocycles. The number of nitrogens with zero attached hydrogens (tertiary/aromatic N) is 2. The van der Waals surface area contributed by atoms with Crippen LogP contribution in [-0.4, -0.2) is 49.0 Å². The van der Waals surface area contributed by atoms with E-state index in [1.165, 1.54) is 46.4 Å². The predicted molar refractivity (Wildman–Crippen MR) is 160 cm³/mol. The summed E-state index contributed by atoms with van der Waals surface area (Å²) in [5.41, 5.74) is 4.71. The van der Waals surface area contributed by atoms with Crippen molar-refractivity contribution in [2.75, 3.05) is 32.9 Å². The highest BCUT2D eigenvalue weighted by Crippen LogP contribution is 2.41. The topological polar surface area (TPSA) is 85.4 Å². The van der Waals surface area contributed by atoms with Crippen molar-refractivity contribution in [3.05, 3.63) is 64.5 Å². The summed E-state index contributed by atoms with van der Waals surface area (Å²) in [6.45, 7) is 2.93. The Morgan fingerprint density at radius 3 is 2.74 bits per heavy atom. The average molecular weight is 593 g/mol. The molecule has 1 aliphatic heterocycles. The Morgan fingerprint density at radius 1 is 1.00 bits per heavy atom. The van der Waals surface area contributed by atoms with Gasteiger partial charge < -0.3 is 20.1 Å². The third-order valence-corrected chi connectivity index (χ3v) is 8.98. The first kappa shape index (κ1) is 28.6. The molecule has 2 aliphatic rings. The Labute approximate surface area is 247 Å². The fourth-order valence-corrected chi connectivity index (χ4v) is 6.73. The summed E-state index contributed by atoms with van der Waals surface area (Å²) in [5.74, 6) is -0.331. The Bertz CT molecular complexity index is 1570. The lowest BCUT2D eigenvalue weighted by Crippen LogP contribution is -2.34. The number of benzene rings is 2. The van der Waals surface area contributed by atoms with Gasteiger partial charge in [0, 0.05) is 41.6 Å². The van der Waals surface area contributed by atoms with Gasteiger partial charge in [0.1, 0.15) is 35.4 Å². The number of fused-ring (bicyclic) bond motifs is 2. The molecule has 7 nitrogen and oxygen atoms in total. The summed E-state index contributed by atoms with van der Waals surface area (Å²) in [6, 6.07) is 10.3. The van der Waals surface area contributed by atoms with Crippen LogP contribution in [0.4, 0.5) is 8.78 Å². The quantitative estimate of drug-likeness (QED) is 0.219. The number of thiophene rings is 1. The molecule has 220 valence electrons. The molecule has 1 aliphatic carbocycles. The lowest BCUT2D eigenvalue weighted by Gasteiger charge is -2.20. The number of rotatable bonds is 10. The molecule has 2 aromatic heterocycles. The molecule has 4 aromatic rings.